The van der Waals surface area contributed by atoms with E-state index in [1.165, 1.54) is 12.6 Å². The predicted molar refractivity (Wildman–Crippen MR) is 104 cm³/mol. The first-order chi connectivity index (χ1) is 13.1. The number of esters is 1. The minimum absolute atomic E-state index is 0.364. The number of methoxy groups -OCH3 is 1. The highest BCUT2D eigenvalue weighted by molar-refractivity contribution is 5.91. The summed E-state index contributed by atoms with van der Waals surface area (Å²) >= 11 is 0. The van der Waals surface area contributed by atoms with Crippen LogP contribution in [0, 0.1) is 0 Å². The van der Waals surface area contributed by atoms with Crippen molar-refractivity contribution in [1.29, 1.82) is 0 Å². The molecule has 3 rings (SSSR count). The third-order valence-corrected chi connectivity index (χ3v) is 4.77. The Balaban J connectivity index is 1.74. The summed E-state index contributed by atoms with van der Waals surface area (Å²) in [7, 11) is 1.55. The number of ether oxygens (including phenoxy) is 2. The number of rotatable bonds is 5. The fourth-order valence-corrected chi connectivity index (χ4v) is 3.26. The summed E-state index contributed by atoms with van der Waals surface area (Å²) in [5.41, 5.74) is 1.27. The van der Waals surface area contributed by atoms with Crippen LogP contribution in [0.2, 0.25) is 0 Å². The van der Waals surface area contributed by atoms with Crippen LogP contribution in [-0.4, -0.2) is 41.4 Å². The number of hydrogen-bond donors (Lipinski definition) is 0. The second-order valence-corrected chi connectivity index (χ2v) is 6.80. The van der Waals surface area contributed by atoms with E-state index >= 15 is 0 Å². The summed E-state index contributed by atoms with van der Waals surface area (Å²) < 4.78 is 10.8. The smallest absolute Gasteiger partial charge is 0.345 e. The number of nitrogens with zero attached hydrogens (tertiary/aromatic N) is 3. The number of hydrogen-bond acceptors (Lipinski definition) is 6. The molecule has 0 saturated carbocycles. The zero-order valence-electron chi connectivity index (χ0n) is 16.0. The molecule has 1 fully saturated rings. The van der Waals surface area contributed by atoms with Crippen LogP contribution in [0.5, 0.6) is 11.5 Å². The summed E-state index contributed by atoms with van der Waals surface area (Å²) in [6.07, 6.45) is 8.47. The topological polar surface area (TPSA) is 64.0 Å². The molecule has 2 atom stereocenters. The van der Waals surface area contributed by atoms with Gasteiger partial charge in [0.05, 0.1) is 18.9 Å². The fraction of sp³-hybridized carbons (Fsp3) is 0.381. The molecule has 1 aromatic heterocycles. The van der Waals surface area contributed by atoms with Crippen molar-refractivity contribution in [2.45, 2.75) is 45.2 Å². The van der Waals surface area contributed by atoms with E-state index < -0.39 is 5.97 Å². The van der Waals surface area contributed by atoms with Gasteiger partial charge in [-0.2, -0.15) is 5.10 Å². The Hall–Kier alpha value is -2.89. The van der Waals surface area contributed by atoms with Crippen molar-refractivity contribution < 1.29 is 14.3 Å². The van der Waals surface area contributed by atoms with Gasteiger partial charge in [0.15, 0.2) is 11.5 Å². The average molecular weight is 367 g/mol. The number of piperidine rings is 1. The molecule has 6 heteroatoms. The molecule has 0 unspecified atom stereocenters. The largest absolute Gasteiger partial charge is 0.493 e. The van der Waals surface area contributed by atoms with Crippen LogP contribution >= 0.6 is 0 Å². The van der Waals surface area contributed by atoms with Crippen molar-refractivity contribution in [3.8, 4) is 11.5 Å². The van der Waals surface area contributed by atoms with E-state index in [1.807, 2.05) is 18.3 Å². The first-order valence-electron chi connectivity index (χ1n) is 9.21. The molecular formula is C21H25N3O3. The maximum absolute atomic E-state index is 12.2. The molecule has 1 aliphatic rings. The molecule has 0 aliphatic carbocycles. The van der Waals surface area contributed by atoms with Gasteiger partial charge in [0.1, 0.15) is 0 Å². The van der Waals surface area contributed by atoms with Crippen molar-refractivity contribution >= 4 is 12.2 Å². The molecule has 2 heterocycles. The van der Waals surface area contributed by atoms with Gasteiger partial charge in [-0.1, -0.05) is 0 Å². The van der Waals surface area contributed by atoms with E-state index in [0.29, 0.717) is 29.1 Å². The molecule has 1 aromatic carbocycles. The van der Waals surface area contributed by atoms with Crippen LogP contribution in [0.3, 0.4) is 0 Å². The third kappa shape index (κ3) is 4.64. The molecule has 1 saturated heterocycles. The number of carbonyl (C=O) groups excluding carboxylic acids is 1. The highest BCUT2D eigenvalue weighted by Gasteiger charge is 2.22. The second-order valence-electron chi connectivity index (χ2n) is 6.80. The van der Waals surface area contributed by atoms with Crippen molar-refractivity contribution in [3.63, 3.8) is 0 Å². The average Bonchev–Trinajstić information content (AvgIpc) is 2.69. The van der Waals surface area contributed by atoms with Crippen molar-refractivity contribution in [3.05, 3.63) is 53.9 Å². The van der Waals surface area contributed by atoms with Crippen molar-refractivity contribution in [2.24, 2.45) is 5.10 Å². The van der Waals surface area contributed by atoms with Crippen molar-refractivity contribution in [2.75, 3.05) is 7.11 Å². The van der Waals surface area contributed by atoms with Gasteiger partial charge in [-0.15, -0.1) is 0 Å². The Bertz CT molecular complexity index is 798. The fourth-order valence-electron chi connectivity index (χ4n) is 3.26. The van der Waals surface area contributed by atoms with Crippen LogP contribution < -0.4 is 9.47 Å². The first-order valence-corrected chi connectivity index (χ1v) is 9.21. The molecule has 0 spiro atoms. The molecule has 0 amide bonds. The van der Waals surface area contributed by atoms with Gasteiger partial charge in [0.2, 0.25) is 0 Å². The van der Waals surface area contributed by atoms with E-state index in [9.17, 15) is 4.79 Å². The Morgan fingerprint density at radius 1 is 1.22 bits per heavy atom. The van der Waals surface area contributed by atoms with Gasteiger partial charge in [-0.3, -0.25) is 9.99 Å². The summed E-state index contributed by atoms with van der Waals surface area (Å²) in [5, 5.41) is 6.82. The van der Waals surface area contributed by atoms with Gasteiger partial charge >= 0.3 is 5.97 Å². The first kappa shape index (κ1) is 18.9. The molecule has 27 heavy (non-hydrogen) atoms. The van der Waals surface area contributed by atoms with E-state index in [1.54, 1.807) is 31.5 Å². The molecule has 1 aliphatic heterocycles. The molecular weight excluding hydrogens is 342 g/mol. The zero-order valence-corrected chi connectivity index (χ0v) is 16.0. The molecule has 0 bridgehead atoms. The SMILES string of the molecule is COc1cc(/C=N\N2[C@@H](C)CCC[C@@H]2C)ccc1OC(=O)c1cccnc1. The van der Waals surface area contributed by atoms with Gasteiger partial charge in [0, 0.05) is 24.5 Å². The minimum atomic E-state index is -0.473. The van der Waals surface area contributed by atoms with Crippen LogP contribution in [0.15, 0.2) is 47.8 Å². The minimum Gasteiger partial charge on any atom is -0.493 e. The monoisotopic (exact) mass is 367 g/mol. The van der Waals surface area contributed by atoms with Crippen LogP contribution in [0.4, 0.5) is 0 Å². The Morgan fingerprint density at radius 3 is 2.67 bits per heavy atom. The number of aromatic nitrogens is 1. The zero-order chi connectivity index (χ0) is 19.2. The molecule has 0 radical (unpaired) electrons. The molecule has 142 valence electrons. The number of carbonyl (C=O) groups is 1. The van der Waals surface area contributed by atoms with Gasteiger partial charge in [-0.05, 0) is 69.0 Å². The molecule has 6 nitrogen and oxygen atoms in total. The lowest BCUT2D eigenvalue weighted by atomic mass is 10.00. The van der Waals surface area contributed by atoms with Gasteiger partial charge in [-0.25, -0.2) is 4.79 Å². The highest BCUT2D eigenvalue weighted by atomic mass is 16.6. The lowest BCUT2D eigenvalue weighted by Crippen LogP contribution is -2.39. The van der Waals surface area contributed by atoms with E-state index in [2.05, 4.69) is 28.9 Å². The quantitative estimate of drug-likeness (QED) is 0.455. The normalized spacial score (nSPS) is 19.9. The van der Waals surface area contributed by atoms with Gasteiger partial charge < -0.3 is 9.47 Å². The lowest BCUT2D eigenvalue weighted by Gasteiger charge is -2.36. The Labute approximate surface area is 159 Å². The molecule has 0 N–H and O–H groups in total. The maximum atomic E-state index is 12.2. The van der Waals surface area contributed by atoms with E-state index in [4.69, 9.17) is 9.47 Å². The van der Waals surface area contributed by atoms with Crippen molar-refractivity contribution in [1.82, 2.24) is 9.99 Å². The highest BCUT2D eigenvalue weighted by Crippen LogP contribution is 2.29. The Kier molecular flexibility index (Phi) is 6.06. The third-order valence-electron chi connectivity index (χ3n) is 4.77. The van der Waals surface area contributed by atoms with Gasteiger partial charge in [0.25, 0.3) is 0 Å². The molecule has 2 aromatic rings. The number of pyridine rings is 1. The predicted octanol–water partition coefficient (Wildman–Crippen LogP) is 3.91. The van der Waals surface area contributed by atoms with E-state index in [-0.39, 0.29) is 0 Å². The van der Waals surface area contributed by atoms with E-state index in [0.717, 1.165) is 18.4 Å². The van der Waals surface area contributed by atoms with Crippen LogP contribution in [0.1, 0.15) is 49.0 Å². The lowest BCUT2D eigenvalue weighted by molar-refractivity contribution is 0.0729. The summed E-state index contributed by atoms with van der Waals surface area (Å²) in [5.74, 6) is 0.373. The maximum Gasteiger partial charge on any atom is 0.345 e. The van der Waals surface area contributed by atoms with Crippen LogP contribution in [-0.2, 0) is 0 Å². The standard InChI is InChI=1S/C21H25N3O3/c1-15-6-4-7-16(2)24(15)23-13-17-9-10-19(20(12-17)26-3)27-21(25)18-8-5-11-22-14-18/h5,8-16H,4,6-7H2,1-3H3/b23-13-/t15-,16-/m0/s1. The summed E-state index contributed by atoms with van der Waals surface area (Å²) in [6.45, 7) is 4.41. The summed E-state index contributed by atoms with van der Waals surface area (Å²) in [6, 6.07) is 9.61. The number of benzene rings is 1. The number of hydrazone groups is 1. The van der Waals surface area contributed by atoms with Crippen LogP contribution in [0.25, 0.3) is 0 Å². The second kappa shape index (κ2) is 8.66. The summed E-state index contributed by atoms with van der Waals surface area (Å²) in [4.78, 5) is 16.2. The Morgan fingerprint density at radius 2 is 2.00 bits per heavy atom.